The van der Waals surface area contributed by atoms with Crippen molar-refractivity contribution >= 4 is 45.9 Å². The number of carbonyl (C=O) groups is 1. The molecule has 0 aliphatic rings. The lowest BCUT2D eigenvalue weighted by molar-refractivity contribution is -0.113. The van der Waals surface area contributed by atoms with Crippen LogP contribution in [0.4, 0.5) is 5.69 Å². The van der Waals surface area contributed by atoms with Crippen LogP contribution >= 0.6 is 34.4 Å². The van der Waals surface area contributed by atoms with Crippen LogP contribution < -0.4 is 5.32 Å². The molecule has 0 saturated carbocycles. The lowest BCUT2D eigenvalue weighted by atomic mass is 10.1. The molecule has 25 heavy (non-hydrogen) atoms. The van der Waals surface area contributed by atoms with Gasteiger partial charge >= 0.3 is 0 Å². The molecule has 1 heterocycles. The van der Waals surface area contributed by atoms with Gasteiger partial charge in [0, 0.05) is 14.8 Å². The number of halogens is 1. The number of anilines is 1. The first-order valence-corrected chi connectivity index (χ1v) is 9.90. The van der Waals surface area contributed by atoms with Crippen molar-refractivity contribution in [1.29, 1.82) is 0 Å². The fourth-order valence-corrected chi connectivity index (χ4v) is 3.37. The summed E-state index contributed by atoms with van der Waals surface area (Å²) in [4.78, 5) is 16.5. The van der Waals surface area contributed by atoms with Crippen molar-refractivity contribution < 1.29 is 4.79 Å². The first-order valence-electron chi connectivity index (χ1n) is 7.84. The number of hydrogen-bond acceptors (Lipinski definition) is 4. The van der Waals surface area contributed by atoms with E-state index < -0.39 is 0 Å². The quantitative estimate of drug-likeness (QED) is 0.420. The Kier molecular flexibility index (Phi) is 6.09. The molecule has 3 rings (SSSR count). The van der Waals surface area contributed by atoms with Gasteiger partial charge < -0.3 is 5.32 Å². The SMILES string of the molecule is CCc1ccc(-c2nc(SCC(=O)Nc3cccc(I)c3)n[nH]2)cc1. The van der Waals surface area contributed by atoms with Crippen molar-refractivity contribution in [3.05, 3.63) is 57.7 Å². The Morgan fingerprint density at radius 1 is 1.24 bits per heavy atom. The highest BCUT2D eigenvalue weighted by Gasteiger charge is 2.09. The number of nitrogens with one attached hydrogen (secondary N) is 2. The van der Waals surface area contributed by atoms with E-state index in [0.29, 0.717) is 11.0 Å². The number of aryl methyl sites for hydroxylation is 1. The molecule has 5 nitrogen and oxygen atoms in total. The molecule has 0 saturated heterocycles. The number of thioether (sulfide) groups is 1. The average molecular weight is 464 g/mol. The predicted octanol–water partition coefficient (Wildman–Crippen LogP) is 4.37. The summed E-state index contributed by atoms with van der Waals surface area (Å²) in [6, 6.07) is 15.9. The molecule has 1 aromatic heterocycles. The van der Waals surface area contributed by atoms with Gasteiger partial charge in [0.1, 0.15) is 0 Å². The van der Waals surface area contributed by atoms with Gasteiger partial charge in [0.15, 0.2) is 5.82 Å². The standard InChI is InChI=1S/C18H17IN4OS/c1-2-12-6-8-13(9-7-12)17-21-18(23-22-17)25-11-16(24)20-15-5-3-4-14(19)10-15/h3-10H,2,11H2,1H3,(H,20,24)(H,21,22,23). The molecule has 2 N–H and O–H groups in total. The summed E-state index contributed by atoms with van der Waals surface area (Å²) in [5.41, 5.74) is 3.06. The molecule has 3 aromatic rings. The fourth-order valence-electron chi connectivity index (χ4n) is 2.23. The van der Waals surface area contributed by atoms with Crippen LogP contribution in [0.2, 0.25) is 0 Å². The Labute approximate surface area is 164 Å². The monoisotopic (exact) mass is 464 g/mol. The molecule has 0 radical (unpaired) electrons. The van der Waals surface area contributed by atoms with E-state index >= 15 is 0 Å². The van der Waals surface area contributed by atoms with Crippen molar-refractivity contribution in [3.8, 4) is 11.4 Å². The molecule has 0 bridgehead atoms. The molecular weight excluding hydrogens is 447 g/mol. The summed E-state index contributed by atoms with van der Waals surface area (Å²) in [7, 11) is 0. The third kappa shape index (κ3) is 5.05. The van der Waals surface area contributed by atoms with Gasteiger partial charge in [0.25, 0.3) is 0 Å². The van der Waals surface area contributed by atoms with Gasteiger partial charge in [0.2, 0.25) is 11.1 Å². The van der Waals surface area contributed by atoms with Crippen molar-refractivity contribution in [2.24, 2.45) is 0 Å². The smallest absolute Gasteiger partial charge is 0.234 e. The van der Waals surface area contributed by atoms with Crippen LogP contribution in [0, 0.1) is 3.57 Å². The first-order chi connectivity index (χ1) is 12.1. The van der Waals surface area contributed by atoms with Crippen LogP contribution in [0.3, 0.4) is 0 Å². The minimum absolute atomic E-state index is 0.0781. The van der Waals surface area contributed by atoms with Crippen molar-refractivity contribution in [2.75, 3.05) is 11.1 Å². The van der Waals surface area contributed by atoms with Crippen LogP contribution in [0.15, 0.2) is 53.7 Å². The van der Waals surface area contributed by atoms with E-state index in [2.05, 4.69) is 62.1 Å². The molecule has 7 heteroatoms. The largest absolute Gasteiger partial charge is 0.325 e. The zero-order chi connectivity index (χ0) is 17.6. The van der Waals surface area contributed by atoms with Gasteiger partial charge in [-0.3, -0.25) is 9.89 Å². The maximum Gasteiger partial charge on any atom is 0.234 e. The third-order valence-electron chi connectivity index (χ3n) is 3.54. The Bertz CT molecular complexity index is 864. The van der Waals surface area contributed by atoms with E-state index in [9.17, 15) is 4.79 Å². The van der Waals surface area contributed by atoms with Gasteiger partial charge in [-0.25, -0.2) is 4.98 Å². The second kappa shape index (κ2) is 8.48. The second-order valence-electron chi connectivity index (χ2n) is 5.36. The van der Waals surface area contributed by atoms with E-state index in [-0.39, 0.29) is 11.7 Å². The van der Waals surface area contributed by atoms with E-state index in [1.165, 1.54) is 17.3 Å². The Hall–Kier alpha value is -1.87. The minimum Gasteiger partial charge on any atom is -0.325 e. The molecule has 0 aliphatic heterocycles. The van der Waals surface area contributed by atoms with Crippen LogP contribution in [0.1, 0.15) is 12.5 Å². The van der Waals surface area contributed by atoms with Crippen LogP contribution in [0.5, 0.6) is 0 Å². The molecule has 0 fully saturated rings. The highest BCUT2D eigenvalue weighted by Crippen LogP contribution is 2.20. The number of benzene rings is 2. The van der Waals surface area contributed by atoms with E-state index in [4.69, 9.17) is 0 Å². The molecule has 2 aromatic carbocycles. The van der Waals surface area contributed by atoms with Crippen molar-refractivity contribution in [2.45, 2.75) is 18.5 Å². The minimum atomic E-state index is -0.0781. The van der Waals surface area contributed by atoms with Crippen molar-refractivity contribution in [1.82, 2.24) is 15.2 Å². The summed E-state index contributed by atoms with van der Waals surface area (Å²) in [6.45, 7) is 2.12. The molecule has 128 valence electrons. The third-order valence-corrected chi connectivity index (χ3v) is 5.06. The van der Waals surface area contributed by atoms with E-state index in [1.807, 2.05) is 36.4 Å². The summed E-state index contributed by atoms with van der Waals surface area (Å²) in [6.07, 6.45) is 1.01. The number of amides is 1. The van der Waals surface area contributed by atoms with Gasteiger partial charge in [0.05, 0.1) is 5.75 Å². The maximum absolute atomic E-state index is 12.0. The molecule has 1 amide bonds. The van der Waals surface area contributed by atoms with Crippen molar-refractivity contribution in [3.63, 3.8) is 0 Å². The predicted molar refractivity (Wildman–Crippen MR) is 110 cm³/mol. The molecule has 0 spiro atoms. The van der Waals surface area contributed by atoms with Crippen LogP contribution in [-0.2, 0) is 11.2 Å². The maximum atomic E-state index is 12.0. The Morgan fingerprint density at radius 3 is 2.76 bits per heavy atom. The average Bonchev–Trinajstić information content (AvgIpc) is 3.09. The zero-order valence-electron chi connectivity index (χ0n) is 13.6. The van der Waals surface area contributed by atoms with Crippen LogP contribution in [-0.4, -0.2) is 26.8 Å². The second-order valence-corrected chi connectivity index (χ2v) is 7.55. The lowest BCUT2D eigenvalue weighted by Crippen LogP contribution is -2.14. The topological polar surface area (TPSA) is 70.7 Å². The summed E-state index contributed by atoms with van der Waals surface area (Å²) in [5.74, 6) is 0.895. The number of aromatic amines is 1. The zero-order valence-corrected chi connectivity index (χ0v) is 16.6. The Balaban J connectivity index is 1.56. The van der Waals surface area contributed by atoms with E-state index in [1.54, 1.807) is 0 Å². The van der Waals surface area contributed by atoms with Crippen LogP contribution in [0.25, 0.3) is 11.4 Å². The molecule has 0 aliphatic carbocycles. The van der Waals surface area contributed by atoms with Gasteiger partial charge in [-0.1, -0.05) is 49.0 Å². The fraction of sp³-hybridized carbons (Fsp3) is 0.167. The summed E-state index contributed by atoms with van der Waals surface area (Å²) < 4.78 is 1.08. The normalized spacial score (nSPS) is 10.6. The number of nitrogens with zero attached hydrogens (tertiary/aromatic N) is 2. The van der Waals surface area contributed by atoms with Gasteiger partial charge in [-0.2, -0.15) is 0 Å². The van der Waals surface area contributed by atoms with E-state index in [0.717, 1.165) is 21.2 Å². The lowest BCUT2D eigenvalue weighted by Gasteiger charge is -2.04. The molecule has 0 atom stereocenters. The number of hydrogen-bond donors (Lipinski definition) is 2. The number of rotatable bonds is 6. The number of aromatic nitrogens is 3. The number of carbonyl (C=O) groups excluding carboxylic acids is 1. The molecular formula is C18H17IN4OS. The van der Waals surface area contributed by atoms with Gasteiger partial charge in [-0.15, -0.1) is 5.10 Å². The number of H-pyrrole nitrogens is 1. The highest BCUT2D eigenvalue weighted by atomic mass is 127. The summed E-state index contributed by atoms with van der Waals surface area (Å²) in [5, 5.41) is 10.5. The summed E-state index contributed by atoms with van der Waals surface area (Å²) >= 11 is 3.52. The molecule has 0 unspecified atom stereocenters. The highest BCUT2D eigenvalue weighted by molar-refractivity contribution is 14.1. The Morgan fingerprint density at radius 2 is 2.04 bits per heavy atom. The van der Waals surface area contributed by atoms with Gasteiger partial charge in [-0.05, 0) is 52.8 Å². The first kappa shape index (κ1) is 17.9.